The fourth-order valence-corrected chi connectivity index (χ4v) is 3.62. The summed E-state index contributed by atoms with van der Waals surface area (Å²) in [5, 5.41) is 3.22. The van der Waals surface area contributed by atoms with Crippen molar-refractivity contribution in [1.29, 1.82) is 0 Å². The molecule has 0 saturated carbocycles. The number of ether oxygens (including phenoxy) is 1. The number of carbonyl (C=O) groups is 1. The van der Waals surface area contributed by atoms with Gasteiger partial charge in [-0.3, -0.25) is 14.2 Å². The van der Waals surface area contributed by atoms with E-state index in [0.717, 1.165) is 4.70 Å². The number of methoxy groups -OCH3 is 1. The average molecular weight is 366 g/mol. The third-order valence-electron chi connectivity index (χ3n) is 3.90. The van der Waals surface area contributed by atoms with Crippen molar-refractivity contribution in [2.75, 3.05) is 12.4 Å². The highest BCUT2D eigenvalue weighted by Gasteiger charge is 2.13. The third kappa shape index (κ3) is 2.91. The molecule has 0 spiro atoms. The minimum atomic E-state index is -0.332. The maximum atomic E-state index is 12.5. The number of benzene rings is 2. The Morgan fingerprint density at radius 2 is 2.08 bits per heavy atom. The molecule has 0 saturated heterocycles. The van der Waals surface area contributed by atoms with E-state index >= 15 is 0 Å². The molecule has 2 aromatic heterocycles. The van der Waals surface area contributed by atoms with Crippen LogP contribution < -0.4 is 15.6 Å². The SMILES string of the molecule is COc1cccc2sc(NC(=O)Cn3c(=O)cnc4ccccc43)nc12. The molecule has 1 amide bonds. The molecular formula is C18H14N4O3S. The minimum Gasteiger partial charge on any atom is -0.494 e. The normalized spacial score (nSPS) is 11.0. The van der Waals surface area contributed by atoms with Crippen LogP contribution in [0.25, 0.3) is 21.3 Å². The number of fused-ring (bicyclic) bond motifs is 2. The number of aromatic nitrogens is 3. The van der Waals surface area contributed by atoms with Crippen molar-refractivity contribution in [2.45, 2.75) is 6.54 Å². The highest BCUT2D eigenvalue weighted by Crippen LogP contribution is 2.32. The van der Waals surface area contributed by atoms with E-state index in [1.807, 2.05) is 24.3 Å². The number of thiazole rings is 1. The Bertz CT molecular complexity index is 1180. The van der Waals surface area contributed by atoms with E-state index in [1.165, 1.54) is 22.1 Å². The lowest BCUT2D eigenvalue weighted by atomic mass is 10.3. The summed E-state index contributed by atoms with van der Waals surface area (Å²) in [6.07, 6.45) is 1.22. The van der Waals surface area contributed by atoms with E-state index in [-0.39, 0.29) is 18.0 Å². The molecule has 4 aromatic rings. The quantitative estimate of drug-likeness (QED) is 0.600. The van der Waals surface area contributed by atoms with Crippen LogP contribution >= 0.6 is 11.3 Å². The van der Waals surface area contributed by atoms with Gasteiger partial charge in [0.2, 0.25) is 5.91 Å². The van der Waals surface area contributed by atoms with Crippen molar-refractivity contribution in [3.63, 3.8) is 0 Å². The van der Waals surface area contributed by atoms with Crippen molar-refractivity contribution in [3.05, 3.63) is 59.0 Å². The number of rotatable bonds is 4. The van der Waals surface area contributed by atoms with Crippen molar-refractivity contribution in [1.82, 2.24) is 14.5 Å². The molecule has 26 heavy (non-hydrogen) atoms. The lowest BCUT2D eigenvalue weighted by Crippen LogP contribution is -2.27. The summed E-state index contributed by atoms with van der Waals surface area (Å²) < 4.78 is 7.59. The van der Waals surface area contributed by atoms with Gasteiger partial charge in [-0.05, 0) is 24.3 Å². The van der Waals surface area contributed by atoms with Crippen LogP contribution in [-0.4, -0.2) is 27.6 Å². The summed E-state index contributed by atoms with van der Waals surface area (Å²) >= 11 is 1.35. The zero-order valence-corrected chi connectivity index (χ0v) is 14.6. The molecule has 2 heterocycles. The number of nitrogens with zero attached hydrogens (tertiary/aromatic N) is 3. The number of para-hydroxylation sites is 3. The molecule has 7 nitrogen and oxygen atoms in total. The van der Waals surface area contributed by atoms with Gasteiger partial charge in [0.1, 0.15) is 17.8 Å². The highest BCUT2D eigenvalue weighted by atomic mass is 32.1. The molecule has 0 bridgehead atoms. The van der Waals surface area contributed by atoms with Crippen molar-refractivity contribution < 1.29 is 9.53 Å². The highest BCUT2D eigenvalue weighted by molar-refractivity contribution is 7.22. The van der Waals surface area contributed by atoms with Crippen LogP contribution in [0.4, 0.5) is 5.13 Å². The Morgan fingerprint density at radius 3 is 2.92 bits per heavy atom. The topological polar surface area (TPSA) is 86.1 Å². The molecule has 2 aromatic carbocycles. The molecule has 0 aliphatic carbocycles. The average Bonchev–Trinajstić information content (AvgIpc) is 3.06. The van der Waals surface area contributed by atoms with E-state index in [2.05, 4.69) is 15.3 Å². The number of hydrogen-bond donors (Lipinski definition) is 1. The van der Waals surface area contributed by atoms with Gasteiger partial charge in [0.05, 0.1) is 29.0 Å². The lowest BCUT2D eigenvalue weighted by molar-refractivity contribution is -0.116. The molecule has 4 rings (SSSR count). The second-order valence-corrected chi connectivity index (χ2v) is 6.58. The summed E-state index contributed by atoms with van der Waals surface area (Å²) in [6.45, 7) is -0.116. The Kier molecular flexibility index (Phi) is 4.10. The minimum absolute atomic E-state index is 0.116. The first-order valence-electron chi connectivity index (χ1n) is 7.83. The Hall–Kier alpha value is -3.26. The number of carbonyl (C=O) groups excluding carboxylic acids is 1. The molecule has 1 N–H and O–H groups in total. The molecule has 0 fully saturated rings. The first-order chi connectivity index (χ1) is 12.7. The van der Waals surface area contributed by atoms with Gasteiger partial charge >= 0.3 is 0 Å². The Morgan fingerprint density at radius 1 is 1.23 bits per heavy atom. The van der Waals surface area contributed by atoms with E-state index in [4.69, 9.17) is 4.74 Å². The van der Waals surface area contributed by atoms with Crippen LogP contribution in [0.15, 0.2) is 53.5 Å². The predicted molar refractivity (Wildman–Crippen MR) is 101 cm³/mol. The van der Waals surface area contributed by atoms with Crippen LogP contribution in [0.3, 0.4) is 0 Å². The summed E-state index contributed by atoms with van der Waals surface area (Å²) in [4.78, 5) is 33.1. The number of amides is 1. The van der Waals surface area contributed by atoms with Crippen molar-refractivity contribution >= 4 is 43.6 Å². The van der Waals surface area contributed by atoms with Gasteiger partial charge < -0.3 is 10.1 Å². The molecule has 8 heteroatoms. The lowest BCUT2D eigenvalue weighted by Gasteiger charge is -2.08. The van der Waals surface area contributed by atoms with Crippen molar-refractivity contribution in [2.24, 2.45) is 0 Å². The van der Waals surface area contributed by atoms with Gasteiger partial charge in [-0.1, -0.05) is 29.5 Å². The van der Waals surface area contributed by atoms with Crippen LogP contribution in [-0.2, 0) is 11.3 Å². The van der Waals surface area contributed by atoms with Crippen LogP contribution in [0, 0.1) is 0 Å². The maximum absolute atomic E-state index is 12.5. The zero-order chi connectivity index (χ0) is 18.1. The second-order valence-electron chi connectivity index (χ2n) is 5.55. The summed E-state index contributed by atoms with van der Waals surface area (Å²) in [5.41, 5.74) is 1.64. The standard InChI is InChI=1S/C18H14N4O3S/c1-25-13-7-4-8-14-17(13)21-18(26-14)20-15(23)10-22-12-6-3-2-5-11(12)19-9-16(22)24/h2-9H,10H2,1H3,(H,20,21,23). The van der Waals surface area contributed by atoms with Gasteiger partial charge in [-0.15, -0.1) is 0 Å². The van der Waals surface area contributed by atoms with Crippen LogP contribution in [0.1, 0.15) is 0 Å². The predicted octanol–water partition coefficient (Wildman–Crippen LogP) is 2.65. The first kappa shape index (κ1) is 16.2. The maximum Gasteiger partial charge on any atom is 0.269 e. The van der Waals surface area contributed by atoms with E-state index < -0.39 is 0 Å². The molecule has 130 valence electrons. The van der Waals surface area contributed by atoms with E-state index in [1.54, 1.807) is 25.3 Å². The molecule has 0 radical (unpaired) electrons. The fraction of sp³-hybridized carbons (Fsp3) is 0.111. The number of anilines is 1. The summed E-state index contributed by atoms with van der Waals surface area (Å²) in [5.74, 6) is 0.317. The number of nitrogens with one attached hydrogen (secondary N) is 1. The smallest absolute Gasteiger partial charge is 0.269 e. The second kappa shape index (κ2) is 6.57. The van der Waals surface area contributed by atoms with E-state index in [0.29, 0.717) is 27.4 Å². The van der Waals surface area contributed by atoms with Crippen molar-refractivity contribution in [3.8, 4) is 5.75 Å². The third-order valence-corrected chi connectivity index (χ3v) is 4.84. The van der Waals surface area contributed by atoms with E-state index in [9.17, 15) is 9.59 Å². The summed E-state index contributed by atoms with van der Waals surface area (Å²) in [7, 11) is 1.58. The van der Waals surface area contributed by atoms with Gasteiger partial charge in [-0.25, -0.2) is 9.97 Å². The largest absolute Gasteiger partial charge is 0.494 e. The molecule has 0 unspecified atom stereocenters. The van der Waals surface area contributed by atoms with Gasteiger partial charge in [0.15, 0.2) is 5.13 Å². The zero-order valence-electron chi connectivity index (χ0n) is 13.8. The molecule has 0 atom stereocenters. The van der Waals surface area contributed by atoms with Gasteiger partial charge in [0, 0.05) is 0 Å². The fourth-order valence-electron chi connectivity index (χ4n) is 2.72. The van der Waals surface area contributed by atoms with Crippen LogP contribution in [0.2, 0.25) is 0 Å². The van der Waals surface area contributed by atoms with Crippen LogP contribution in [0.5, 0.6) is 5.75 Å². The van der Waals surface area contributed by atoms with Gasteiger partial charge in [-0.2, -0.15) is 0 Å². The Labute approximate surface area is 151 Å². The molecule has 0 aliphatic rings. The molecular weight excluding hydrogens is 352 g/mol. The van der Waals surface area contributed by atoms with Gasteiger partial charge in [0.25, 0.3) is 5.56 Å². The number of hydrogen-bond acceptors (Lipinski definition) is 6. The first-order valence-corrected chi connectivity index (χ1v) is 8.65. The Balaban J connectivity index is 1.62. The summed E-state index contributed by atoms with van der Waals surface area (Å²) in [6, 6.07) is 12.8. The molecule has 0 aliphatic heterocycles. The monoisotopic (exact) mass is 366 g/mol.